The number of rotatable bonds is 5. The number of hydrogen-bond acceptors (Lipinski definition) is 3. The maximum Gasteiger partial charge on any atom is 0.111 e. The summed E-state index contributed by atoms with van der Waals surface area (Å²) in [5.41, 5.74) is 2.17. The zero-order valence-corrected chi connectivity index (χ0v) is 13.9. The molecule has 0 fully saturated rings. The highest BCUT2D eigenvalue weighted by Crippen LogP contribution is 2.22. The fourth-order valence-electron chi connectivity index (χ4n) is 2.25. The first kappa shape index (κ1) is 14.0. The van der Waals surface area contributed by atoms with Crippen LogP contribution in [0.25, 0.3) is 11.0 Å². The van der Waals surface area contributed by atoms with E-state index in [1.165, 1.54) is 0 Å². The summed E-state index contributed by atoms with van der Waals surface area (Å²) in [4.78, 5) is 9.02. The van der Waals surface area contributed by atoms with Gasteiger partial charge in [-0.05, 0) is 18.2 Å². The Balaban J connectivity index is 1.96. The number of halogens is 2. The molecule has 1 aromatic carbocycles. The van der Waals surface area contributed by atoms with E-state index in [0.717, 1.165) is 45.7 Å². The molecule has 0 atom stereocenters. The number of aromatic nitrogens is 3. The van der Waals surface area contributed by atoms with Gasteiger partial charge in [-0.15, -0.1) is 22.9 Å². The van der Waals surface area contributed by atoms with E-state index in [-0.39, 0.29) is 0 Å². The molecule has 104 valence electrons. The summed E-state index contributed by atoms with van der Waals surface area (Å²) in [5, 5.41) is 3.16. The molecule has 0 radical (unpaired) electrons. The molecule has 3 nitrogen and oxygen atoms in total. The van der Waals surface area contributed by atoms with Crippen molar-refractivity contribution in [2.45, 2.75) is 19.4 Å². The van der Waals surface area contributed by atoms with Crippen molar-refractivity contribution in [3.05, 3.63) is 45.1 Å². The van der Waals surface area contributed by atoms with Gasteiger partial charge in [-0.3, -0.25) is 0 Å². The Hall–Kier alpha value is -0.910. The summed E-state index contributed by atoms with van der Waals surface area (Å²) in [6.45, 7) is 0.882. The molecule has 2 aromatic heterocycles. The predicted molar refractivity (Wildman–Crippen MR) is 87.7 cm³/mol. The van der Waals surface area contributed by atoms with Gasteiger partial charge in [-0.2, -0.15) is 0 Å². The van der Waals surface area contributed by atoms with Crippen molar-refractivity contribution in [1.82, 2.24) is 14.5 Å². The minimum Gasteiger partial charge on any atom is -0.327 e. The number of nitrogens with zero attached hydrogens (tertiary/aromatic N) is 3. The predicted octanol–water partition coefficient (Wildman–Crippen LogP) is 4.28. The molecule has 0 amide bonds. The van der Waals surface area contributed by atoms with Crippen LogP contribution in [-0.4, -0.2) is 20.4 Å². The maximum absolute atomic E-state index is 5.89. The van der Waals surface area contributed by atoms with E-state index in [1.807, 2.05) is 23.7 Å². The van der Waals surface area contributed by atoms with Gasteiger partial charge in [0.2, 0.25) is 0 Å². The second-order valence-electron chi connectivity index (χ2n) is 4.43. The monoisotopic (exact) mass is 369 g/mol. The van der Waals surface area contributed by atoms with Gasteiger partial charge in [0.1, 0.15) is 5.82 Å². The number of thiazole rings is 1. The third-order valence-electron chi connectivity index (χ3n) is 3.14. The Labute approximate surface area is 134 Å². The molecule has 3 rings (SSSR count). The summed E-state index contributed by atoms with van der Waals surface area (Å²) in [5.74, 6) is 1.63. The zero-order valence-electron chi connectivity index (χ0n) is 10.7. The van der Waals surface area contributed by atoms with Gasteiger partial charge in [-0.25, -0.2) is 9.97 Å². The number of alkyl halides is 1. The van der Waals surface area contributed by atoms with E-state index < -0.39 is 0 Å². The van der Waals surface area contributed by atoms with Crippen molar-refractivity contribution < 1.29 is 0 Å². The summed E-state index contributed by atoms with van der Waals surface area (Å²) >= 11 is 11.1. The van der Waals surface area contributed by atoms with Gasteiger partial charge < -0.3 is 4.57 Å². The molecule has 0 saturated heterocycles. The fraction of sp³-hybridized carbons (Fsp3) is 0.286. The van der Waals surface area contributed by atoms with Gasteiger partial charge in [0.25, 0.3) is 0 Å². The largest absolute Gasteiger partial charge is 0.327 e. The van der Waals surface area contributed by atoms with E-state index in [2.05, 4.69) is 36.5 Å². The molecule has 0 spiro atoms. The summed E-state index contributed by atoms with van der Waals surface area (Å²) in [7, 11) is 0. The van der Waals surface area contributed by atoms with Crippen molar-refractivity contribution >= 4 is 49.9 Å². The first-order chi connectivity index (χ1) is 9.78. The Kier molecular flexibility index (Phi) is 4.38. The maximum atomic E-state index is 5.89. The molecule has 2 heterocycles. The molecule has 0 bridgehead atoms. The average molecular weight is 371 g/mol. The number of hydrogen-bond donors (Lipinski definition) is 0. The molecular formula is C14H13BrClN3S. The van der Waals surface area contributed by atoms with Crippen LogP contribution in [0.2, 0.25) is 0 Å². The number of fused-ring (bicyclic) bond motifs is 1. The Morgan fingerprint density at radius 1 is 1.30 bits per heavy atom. The van der Waals surface area contributed by atoms with Crippen LogP contribution in [0.3, 0.4) is 0 Å². The zero-order chi connectivity index (χ0) is 13.9. The highest BCUT2D eigenvalue weighted by molar-refractivity contribution is 9.10. The first-order valence-corrected chi connectivity index (χ1v) is 8.57. The minimum absolute atomic E-state index is 0.585. The number of benzene rings is 1. The highest BCUT2D eigenvalue weighted by Gasteiger charge is 2.11. The lowest BCUT2D eigenvalue weighted by Crippen LogP contribution is -2.07. The molecule has 20 heavy (non-hydrogen) atoms. The second-order valence-corrected chi connectivity index (χ2v) is 6.70. The van der Waals surface area contributed by atoms with E-state index in [1.54, 1.807) is 11.3 Å². The Morgan fingerprint density at radius 3 is 2.95 bits per heavy atom. The molecule has 0 saturated carbocycles. The summed E-state index contributed by atoms with van der Waals surface area (Å²) in [6.07, 6.45) is 3.55. The third kappa shape index (κ3) is 2.90. The van der Waals surface area contributed by atoms with Crippen molar-refractivity contribution in [3.8, 4) is 0 Å². The van der Waals surface area contributed by atoms with E-state index in [0.29, 0.717) is 5.88 Å². The topological polar surface area (TPSA) is 30.7 Å². The molecule has 0 aliphatic heterocycles. The van der Waals surface area contributed by atoms with Gasteiger partial charge >= 0.3 is 0 Å². The molecule has 0 aliphatic carbocycles. The summed E-state index contributed by atoms with van der Waals surface area (Å²) in [6, 6.07) is 6.17. The molecule has 6 heteroatoms. The van der Waals surface area contributed by atoms with Crippen LogP contribution < -0.4 is 0 Å². The fourth-order valence-corrected chi connectivity index (χ4v) is 3.38. The van der Waals surface area contributed by atoms with Crippen LogP contribution in [0, 0.1) is 0 Å². The van der Waals surface area contributed by atoms with Crippen LogP contribution in [-0.2, 0) is 19.4 Å². The lowest BCUT2D eigenvalue weighted by Gasteiger charge is -2.07. The lowest BCUT2D eigenvalue weighted by atomic mass is 10.3. The average Bonchev–Trinajstić information content (AvgIpc) is 3.04. The first-order valence-electron chi connectivity index (χ1n) is 6.37. The molecule has 3 aromatic rings. The molecule has 0 N–H and O–H groups in total. The smallest absolute Gasteiger partial charge is 0.111 e. The van der Waals surface area contributed by atoms with Crippen LogP contribution in [0.5, 0.6) is 0 Å². The SMILES string of the molecule is ClCCc1nc2ccc(Br)cc2n1CCc1nccs1. The van der Waals surface area contributed by atoms with E-state index in [9.17, 15) is 0 Å². The van der Waals surface area contributed by atoms with Crippen LogP contribution in [0.15, 0.2) is 34.2 Å². The minimum atomic E-state index is 0.585. The number of aryl methyl sites for hydroxylation is 3. The van der Waals surface area contributed by atoms with Crippen molar-refractivity contribution in [3.63, 3.8) is 0 Å². The van der Waals surface area contributed by atoms with Crippen molar-refractivity contribution in [1.29, 1.82) is 0 Å². The van der Waals surface area contributed by atoms with E-state index >= 15 is 0 Å². The second kappa shape index (κ2) is 6.24. The Bertz CT molecular complexity index is 709. The number of imidazole rings is 1. The highest BCUT2D eigenvalue weighted by atomic mass is 79.9. The quantitative estimate of drug-likeness (QED) is 0.628. The van der Waals surface area contributed by atoms with Crippen molar-refractivity contribution in [2.75, 3.05) is 5.88 Å². The van der Waals surface area contributed by atoms with Crippen LogP contribution in [0.1, 0.15) is 10.8 Å². The summed E-state index contributed by atoms with van der Waals surface area (Å²) < 4.78 is 3.32. The molecule has 0 unspecified atom stereocenters. The lowest BCUT2D eigenvalue weighted by molar-refractivity contribution is 0.673. The standard InChI is InChI=1S/C14H13BrClN3S/c15-10-1-2-11-12(9-10)19(13(18-11)3-5-16)7-4-14-17-6-8-20-14/h1-2,6,8-9H,3-5,7H2. The normalized spacial score (nSPS) is 11.3. The van der Waals surface area contributed by atoms with E-state index in [4.69, 9.17) is 11.6 Å². The third-order valence-corrected chi connectivity index (χ3v) is 4.66. The van der Waals surface area contributed by atoms with Crippen molar-refractivity contribution in [2.24, 2.45) is 0 Å². The van der Waals surface area contributed by atoms with Crippen LogP contribution >= 0.6 is 38.9 Å². The van der Waals surface area contributed by atoms with Gasteiger partial charge in [0.15, 0.2) is 0 Å². The van der Waals surface area contributed by atoms with Gasteiger partial charge in [-0.1, -0.05) is 15.9 Å². The molecular weight excluding hydrogens is 358 g/mol. The van der Waals surface area contributed by atoms with Gasteiger partial charge in [0.05, 0.1) is 16.0 Å². The van der Waals surface area contributed by atoms with Gasteiger partial charge in [0, 0.05) is 41.3 Å². The Morgan fingerprint density at radius 2 is 2.20 bits per heavy atom. The molecule has 0 aliphatic rings. The van der Waals surface area contributed by atoms with Crippen LogP contribution in [0.4, 0.5) is 0 Å².